The monoisotopic (exact) mass is 238 g/mol. The van der Waals surface area contributed by atoms with Crippen LogP contribution in [0.5, 0.6) is 0 Å². The minimum atomic E-state index is -1.09. The average Bonchev–Trinajstić information content (AvgIpc) is 2.14. The lowest BCUT2D eigenvalue weighted by Crippen LogP contribution is -2.15. The van der Waals surface area contributed by atoms with Crippen molar-refractivity contribution in [2.24, 2.45) is 5.73 Å². The molecule has 0 aliphatic carbocycles. The SMILES string of the molecule is Cc1cc(CC(=O)O)cc(C(N)=O)c1[N+](=O)[O-]. The van der Waals surface area contributed by atoms with Crippen molar-refractivity contribution in [1.82, 2.24) is 0 Å². The number of carboxylic acid groups (broad SMARTS) is 1. The molecule has 0 unspecified atom stereocenters. The number of aryl methyl sites for hydroxylation is 1. The molecule has 0 atom stereocenters. The van der Waals surface area contributed by atoms with Crippen LogP contribution in [0.2, 0.25) is 0 Å². The largest absolute Gasteiger partial charge is 0.481 e. The Morgan fingerprint density at radius 1 is 1.47 bits per heavy atom. The van der Waals surface area contributed by atoms with Crippen molar-refractivity contribution in [2.75, 3.05) is 0 Å². The van der Waals surface area contributed by atoms with Gasteiger partial charge >= 0.3 is 5.97 Å². The fourth-order valence-corrected chi connectivity index (χ4v) is 1.56. The predicted molar refractivity (Wildman–Crippen MR) is 57.7 cm³/mol. The van der Waals surface area contributed by atoms with Crippen LogP contribution < -0.4 is 5.73 Å². The molecule has 0 aromatic heterocycles. The van der Waals surface area contributed by atoms with Crippen molar-refractivity contribution < 1.29 is 19.6 Å². The number of carbonyl (C=O) groups excluding carboxylic acids is 1. The molecule has 17 heavy (non-hydrogen) atoms. The van der Waals surface area contributed by atoms with E-state index in [1.807, 2.05) is 0 Å². The predicted octanol–water partition coefficient (Wildman–Crippen LogP) is 0.629. The zero-order chi connectivity index (χ0) is 13.2. The highest BCUT2D eigenvalue weighted by Gasteiger charge is 2.22. The van der Waals surface area contributed by atoms with Crippen LogP contribution in [0.25, 0.3) is 0 Å². The lowest BCUT2D eigenvalue weighted by molar-refractivity contribution is -0.385. The van der Waals surface area contributed by atoms with Crippen molar-refractivity contribution in [3.05, 3.63) is 38.9 Å². The summed E-state index contributed by atoms with van der Waals surface area (Å²) in [6.07, 6.45) is -0.320. The fourth-order valence-electron chi connectivity index (χ4n) is 1.56. The van der Waals surface area contributed by atoms with E-state index in [0.717, 1.165) is 6.07 Å². The second-order valence-electron chi connectivity index (χ2n) is 3.50. The number of nitrogens with zero attached hydrogens (tertiary/aromatic N) is 1. The number of nitro benzene ring substituents is 1. The van der Waals surface area contributed by atoms with E-state index in [1.165, 1.54) is 13.0 Å². The molecule has 0 aliphatic heterocycles. The number of nitro groups is 1. The van der Waals surface area contributed by atoms with Crippen LogP contribution in [-0.4, -0.2) is 21.9 Å². The van der Waals surface area contributed by atoms with Gasteiger partial charge in [-0.25, -0.2) is 0 Å². The summed E-state index contributed by atoms with van der Waals surface area (Å²) in [5, 5.41) is 19.4. The number of carboxylic acids is 1. The maximum atomic E-state index is 11.1. The highest BCUT2D eigenvalue weighted by Crippen LogP contribution is 2.25. The molecule has 0 heterocycles. The van der Waals surface area contributed by atoms with Gasteiger partial charge in [0.15, 0.2) is 0 Å². The van der Waals surface area contributed by atoms with Gasteiger partial charge in [0.25, 0.3) is 11.6 Å². The maximum absolute atomic E-state index is 11.1. The summed E-state index contributed by atoms with van der Waals surface area (Å²) in [6, 6.07) is 2.50. The molecular weight excluding hydrogens is 228 g/mol. The quantitative estimate of drug-likeness (QED) is 0.588. The average molecular weight is 238 g/mol. The van der Waals surface area contributed by atoms with Gasteiger partial charge in [0.05, 0.1) is 11.3 Å². The Morgan fingerprint density at radius 2 is 2.06 bits per heavy atom. The first-order chi connectivity index (χ1) is 7.82. The molecule has 1 aromatic rings. The van der Waals surface area contributed by atoms with Crippen LogP contribution in [0, 0.1) is 17.0 Å². The van der Waals surface area contributed by atoms with E-state index in [4.69, 9.17) is 10.8 Å². The lowest BCUT2D eigenvalue weighted by Gasteiger charge is -2.05. The van der Waals surface area contributed by atoms with Gasteiger partial charge in [-0.1, -0.05) is 0 Å². The first kappa shape index (κ1) is 12.6. The van der Waals surface area contributed by atoms with Gasteiger partial charge in [-0.05, 0) is 24.6 Å². The zero-order valence-corrected chi connectivity index (χ0v) is 8.97. The molecule has 0 aliphatic rings. The van der Waals surface area contributed by atoms with E-state index in [9.17, 15) is 19.7 Å². The van der Waals surface area contributed by atoms with Gasteiger partial charge in [0.2, 0.25) is 0 Å². The lowest BCUT2D eigenvalue weighted by atomic mass is 10.0. The minimum absolute atomic E-state index is 0.211. The Balaban J connectivity index is 3.41. The topological polar surface area (TPSA) is 124 Å². The Morgan fingerprint density at radius 3 is 2.47 bits per heavy atom. The summed E-state index contributed by atoms with van der Waals surface area (Å²) >= 11 is 0. The number of carbonyl (C=O) groups is 2. The molecule has 1 amide bonds. The number of primary amides is 1. The molecule has 3 N–H and O–H groups in total. The van der Waals surface area contributed by atoms with Crippen molar-refractivity contribution >= 4 is 17.6 Å². The van der Waals surface area contributed by atoms with Crippen molar-refractivity contribution in [1.29, 1.82) is 0 Å². The van der Waals surface area contributed by atoms with Crippen molar-refractivity contribution in [3.63, 3.8) is 0 Å². The third kappa shape index (κ3) is 2.77. The number of benzene rings is 1. The second kappa shape index (κ2) is 4.60. The van der Waals surface area contributed by atoms with E-state index in [1.54, 1.807) is 0 Å². The molecule has 7 heteroatoms. The second-order valence-corrected chi connectivity index (χ2v) is 3.50. The maximum Gasteiger partial charge on any atom is 0.307 e. The molecule has 90 valence electrons. The smallest absolute Gasteiger partial charge is 0.307 e. The first-order valence-electron chi connectivity index (χ1n) is 4.62. The van der Waals surface area contributed by atoms with E-state index in [2.05, 4.69) is 0 Å². The van der Waals surface area contributed by atoms with Crippen LogP contribution in [0.4, 0.5) is 5.69 Å². The van der Waals surface area contributed by atoms with Gasteiger partial charge in [-0.3, -0.25) is 19.7 Å². The molecule has 1 aromatic carbocycles. The van der Waals surface area contributed by atoms with Crippen LogP contribution in [0.3, 0.4) is 0 Å². The third-order valence-electron chi connectivity index (χ3n) is 2.16. The summed E-state index contributed by atoms with van der Waals surface area (Å²) in [4.78, 5) is 31.7. The summed E-state index contributed by atoms with van der Waals surface area (Å²) < 4.78 is 0. The Bertz CT molecular complexity index is 510. The van der Waals surface area contributed by atoms with Gasteiger partial charge in [0, 0.05) is 5.56 Å². The molecule has 7 nitrogen and oxygen atoms in total. The van der Waals surface area contributed by atoms with E-state index < -0.39 is 16.8 Å². The van der Waals surface area contributed by atoms with Crippen LogP contribution in [0.15, 0.2) is 12.1 Å². The highest BCUT2D eigenvalue weighted by molar-refractivity contribution is 5.97. The first-order valence-corrected chi connectivity index (χ1v) is 4.62. The molecule has 0 spiro atoms. The molecular formula is C10H10N2O5. The van der Waals surface area contributed by atoms with E-state index >= 15 is 0 Å². The summed E-state index contributed by atoms with van der Waals surface area (Å²) in [6.45, 7) is 1.43. The normalized spacial score (nSPS) is 9.94. The van der Waals surface area contributed by atoms with E-state index in [-0.39, 0.29) is 23.2 Å². The Hall–Kier alpha value is -2.44. The molecule has 0 saturated heterocycles. The Kier molecular flexibility index (Phi) is 3.42. The standard InChI is InChI=1S/C10H10N2O5/c1-5-2-6(4-8(13)14)3-7(10(11)15)9(5)12(16)17/h2-3H,4H2,1H3,(H2,11,15)(H,13,14). The summed E-state index contributed by atoms with van der Waals surface area (Å²) in [7, 11) is 0. The number of rotatable bonds is 4. The minimum Gasteiger partial charge on any atom is -0.481 e. The number of hydrogen-bond donors (Lipinski definition) is 2. The molecule has 0 saturated carbocycles. The number of nitrogens with two attached hydrogens (primary N) is 1. The summed E-state index contributed by atoms with van der Waals surface area (Å²) in [5.41, 5.74) is 4.89. The van der Waals surface area contributed by atoms with Gasteiger partial charge in [-0.2, -0.15) is 0 Å². The highest BCUT2D eigenvalue weighted by atomic mass is 16.6. The van der Waals surface area contributed by atoms with Gasteiger partial charge < -0.3 is 10.8 Å². The molecule has 0 fully saturated rings. The Labute approximate surface area is 96.0 Å². The number of hydrogen-bond acceptors (Lipinski definition) is 4. The third-order valence-corrected chi connectivity index (χ3v) is 2.16. The number of amides is 1. The number of aliphatic carboxylic acids is 1. The molecule has 1 rings (SSSR count). The van der Waals surface area contributed by atoms with Crippen molar-refractivity contribution in [3.8, 4) is 0 Å². The van der Waals surface area contributed by atoms with Crippen LogP contribution >= 0.6 is 0 Å². The van der Waals surface area contributed by atoms with E-state index in [0.29, 0.717) is 5.56 Å². The van der Waals surface area contributed by atoms with Gasteiger partial charge in [-0.15, -0.1) is 0 Å². The zero-order valence-electron chi connectivity index (χ0n) is 8.97. The molecule has 0 bridgehead atoms. The molecule has 0 radical (unpaired) electrons. The van der Waals surface area contributed by atoms with Crippen LogP contribution in [0.1, 0.15) is 21.5 Å². The van der Waals surface area contributed by atoms with Gasteiger partial charge in [0.1, 0.15) is 5.56 Å². The van der Waals surface area contributed by atoms with Crippen LogP contribution in [-0.2, 0) is 11.2 Å². The fraction of sp³-hybridized carbons (Fsp3) is 0.200. The summed E-state index contributed by atoms with van der Waals surface area (Å²) in [5.74, 6) is -2.04. The van der Waals surface area contributed by atoms with Crippen molar-refractivity contribution in [2.45, 2.75) is 13.3 Å².